The van der Waals surface area contributed by atoms with Crippen molar-refractivity contribution < 1.29 is 19.7 Å². The first-order valence-electron chi connectivity index (χ1n) is 5.60. The summed E-state index contributed by atoms with van der Waals surface area (Å²) in [5.74, 6) is 0. The van der Waals surface area contributed by atoms with Crippen molar-refractivity contribution in [3.63, 3.8) is 0 Å². The van der Waals surface area contributed by atoms with Crippen molar-refractivity contribution in [2.24, 2.45) is 0 Å². The third-order valence-electron chi connectivity index (χ3n) is 2.65. The molecule has 1 amide bonds. The Hall–Kier alpha value is -0.810. The molecule has 0 unspecified atom stereocenters. The fraction of sp³-hybridized carbons (Fsp3) is 0.909. The lowest BCUT2D eigenvalue weighted by molar-refractivity contribution is -0.0520. The van der Waals surface area contributed by atoms with Crippen LogP contribution in [0, 0.1) is 0 Å². The smallest absolute Gasteiger partial charge is 0.407 e. The Morgan fingerprint density at radius 2 is 2.19 bits per heavy atom. The van der Waals surface area contributed by atoms with E-state index in [1.54, 1.807) is 20.8 Å². The van der Waals surface area contributed by atoms with E-state index < -0.39 is 23.4 Å². The van der Waals surface area contributed by atoms with Crippen LogP contribution in [-0.4, -0.2) is 40.2 Å². The Kier molecular flexibility index (Phi) is 3.80. The molecule has 94 valence electrons. The summed E-state index contributed by atoms with van der Waals surface area (Å²) >= 11 is 0. The second-order valence-corrected chi connectivity index (χ2v) is 5.37. The Balaban J connectivity index is 2.37. The minimum absolute atomic E-state index is 0.0308. The molecule has 1 rings (SSSR count). The van der Waals surface area contributed by atoms with Crippen molar-refractivity contribution >= 4 is 6.09 Å². The van der Waals surface area contributed by atoms with E-state index in [1.807, 2.05) is 0 Å². The quantitative estimate of drug-likeness (QED) is 0.656. The van der Waals surface area contributed by atoms with Gasteiger partial charge in [-0.2, -0.15) is 0 Å². The van der Waals surface area contributed by atoms with Crippen molar-refractivity contribution in [3.05, 3.63) is 0 Å². The van der Waals surface area contributed by atoms with Gasteiger partial charge >= 0.3 is 6.09 Å². The number of carbonyl (C=O) groups is 1. The number of aliphatic hydroxyl groups is 2. The third kappa shape index (κ3) is 3.64. The van der Waals surface area contributed by atoms with E-state index in [-0.39, 0.29) is 6.54 Å². The van der Waals surface area contributed by atoms with E-state index >= 15 is 0 Å². The number of carbonyl (C=O) groups excluding carboxylic acids is 1. The molecule has 3 N–H and O–H groups in total. The minimum atomic E-state index is -1.20. The first-order valence-corrected chi connectivity index (χ1v) is 5.60. The summed E-state index contributed by atoms with van der Waals surface area (Å²) in [5, 5.41) is 22.0. The van der Waals surface area contributed by atoms with Crippen molar-refractivity contribution in [1.29, 1.82) is 0 Å². The van der Waals surface area contributed by atoms with E-state index in [9.17, 15) is 15.0 Å². The first kappa shape index (κ1) is 13.3. The molecule has 1 aliphatic carbocycles. The van der Waals surface area contributed by atoms with Gasteiger partial charge in [-0.05, 0) is 40.0 Å². The number of alkyl carbamates (subject to hydrolysis) is 1. The molecule has 0 aliphatic heterocycles. The van der Waals surface area contributed by atoms with Crippen LogP contribution in [0.5, 0.6) is 0 Å². The molecule has 16 heavy (non-hydrogen) atoms. The van der Waals surface area contributed by atoms with Crippen LogP contribution < -0.4 is 5.32 Å². The first-order chi connectivity index (χ1) is 7.23. The number of hydrogen-bond acceptors (Lipinski definition) is 4. The Morgan fingerprint density at radius 3 is 2.62 bits per heavy atom. The van der Waals surface area contributed by atoms with Gasteiger partial charge < -0.3 is 20.3 Å². The van der Waals surface area contributed by atoms with Crippen molar-refractivity contribution in [1.82, 2.24) is 5.32 Å². The average molecular weight is 231 g/mol. The molecule has 5 nitrogen and oxygen atoms in total. The lowest BCUT2D eigenvalue weighted by atomic mass is 10.0. The second kappa shape index (κ2) is 4.59. The van der Waals surface area contributed by atoms with E-state index in [0.717, 1.165) is 6.42 Å². The van der Waals surface area contributed by atoms with Crippen LogP contribution in [-0.2, 0) is 4.74 Å². The monoisotopic (exact) mass is 231 g/mol. The van der Waals surface area contributed by atoms with Crippen LogP contribution >= 0.6 is 0 Å². The van der Waals surface area contributed by atoms with E-state index in [0.29, 0.717) is 12.8 Å². The topological polar surface area (TPSA) is 78.8 Å². The molecule has 0 spiro atoms. The van der Waals surface area contributed by atoms with Gasteiger partial charge in [0.05, 0.1) is 12.6 Å². The van der Waals surface area contributed by atoms with Crippen molar-refractivity contribution in [2.75, 3.05) is 6.54 Å². The minimum Gasteiger partial charge on any atom is -0.444 e. The molecule has 5 heteroatoms. The fourth-order valence-electron chi connectivity index (χ4n) is 1.78. The predicted octanol–water partition coefficient (Wildman–Crippen LogP) is 0.787. The summed E-state index contributed by atoms with van der Waals surface area (Å²) in [6.45, 7) is 5.34. The standard InChI is InChI=1S/C11H21NO4/c1-10(2,3)16-9(14)12-7-11(15)6-4-5-8(11)13/h8,13,15H,4-7H2,1-3H3,(H,12,14)/t8-,11-/m1/s1. The zero-order valence-corrected chi connectivity index (χ0v) is 10.1. The summed E-state index contributed by atoms with van der Waals surface area (Å²) in [6, 6.07) is 0. The van der Waals surface area contributed by atoms with Gasteiger partial charge in [0.25, 0.3) is 0 Å². The molecule has 1 aliphatic rings. The molecule has 2 atom stereocenters. The van der Waals surface area contributed by atoms with Gasteiger partial charge in [-0.15, -0.1) is 0 Å². The van der Waals surface area contributed by atoms with Crippen molar-refractivity contribution in [2.45, 2.75) is 57.3 Å². The summed E-state index contributed by atoms with van der Waals surface area (Å²) < 4.78 is 5.03. The molecular weight excluding hydrogens is 210 g/mol. The normalized spacial score (nSPS) is 30.2. The second-order valence-electron chi connectivity index (χ2n) is 5.37. The lowest BCUT2D eigenvalue weighted by Gasteiger charge is -2.27. The summed E-state index contributed by atoms with van der Waals surface area (Å²) in [7, 11) is 0. The molecule has 0 radical (unpaired) electrons. The number of aliphatic hydroxyl groups excluding tert-OH is 1. The highest BCUT2D eigenvalue weighted by molar-refractivity contribution is 5.67. The van der Waals surface area contributed by atoms with Gasteiger partial charge in [0.1, 0.15) is 11.2 Å². The molecular formula is C11H21NO4. The number of nitrogens with one attached hydrogen (secondary N) is 1. The lowest BCUT2D eigenvalue weighted by Crippen LogP contribution is -2.49. The highest BCUT2D eigenvalue weighted by atomic mass is 16.6. The maximum absolute atomic E-state index is 11.3. The Labute approximate surface area is 95.8 Å². The van der Waals surface area contributed by atoms with Crippen LogP contribution in [0.4, 0.5) is 4.79 Å². The van der Waals surface area contributed by atoms with Gasteiger partial charge in [-0.25, -0.2) is 4.79 Å². The summed E-state index contributed by atoms with van der Waals surface area (Å²) in [6.07, 6.45) is 0.520. The molecule has 0 heterocycles. The Morgan fingerprint density at radius 1 is 1.56 bits per heavy atom. The fourth-order valence-corrected chi connectivity index (χ4v) is 1.78. The highest BCUT2D eigenvalue weighted by Crippen LogP contribution is 2.29. The molecule has 0 aromatic carbocycles. The molecule has 1 saturated carbocycles. The molecule has 0 saturated heterocycles. The van der Waals surface area contributed by atoms with Gasteiger partial charge in [0, 0.05) is 0 Å². The molecule has 0 bridgehead atoms. The van der Waals surface area contributed by atoms with Crippen molar-refractivity contribution in [3.8, 4) is 0 Å². The largest absolute Gasteiger partial charge is 0.444 e. The van der Waals surface area contributed by atoms with Crippen LogP contribution in [0.2, 0.25) is 0 Å². The average Bonchev–Trinajstić information content (AvgIpc) is 2.42. The van der Waals surface area contributed by atoms with Gasteiger partial charge in [0.15, 0.2) is 0 Å². The maximum atomic E-state index is 11.3. The number of rotatable bonds is 2. The van der Waals surface area contributed by atoms with E-state index in [2.05, 4.69) is 5.32 Å². The molecule has 1 fully saturated rings. The van der Waals surface area contributed by atoms with Crippen LogP contribution in [0.1, 0.15) is 40.0 Å². The molecule has 0 aromatic rings. The zero-order valence-electron chi connectivity index (χ0n) is 10.1. The van der Waals surface area contributed by atoms with Gasteiger partial charge in [-0.3, -0.25) is 0 Å². The molecule has 0 aromatic heterocycles. The number of amides is 1. The van der Waals surface area contributed by atoms with Crippen LogP contribution in [0.25, 0.3) is 0 Å². The van der Waals surface area contributed by atoms with E-state index in [4.69, 9.17) is 4.74 Å². The third-order valence-corrected chi connectivity index (χ3v) is 2.65. The Bertz CT molecular complexity index is 261. The predicted molar refractivity (Wildman–Crippen MR) is 59.0 cm³/mol. The maximum Gasteiger partial charge on any atom is 0.407 e. The van der Waals surface area contributed by atoms with Crippen LogP contribution in [0.3, 0.4) is 0 Å². The number of hydrogen-bond donors (Lipinski definition) is 3. The highest BCUT2D eigenvalue weighted by Gasteiger charge is 2.40. The van der Waals surface area contributed by atoms with Gasteiger partial charge in [-0.1, -0.05) is 0 Å². The summed E-state index contributed by atoms with van der Waals surface area (Å²) in [4.78, 5) is 11.3. The van der Waals surface area contributed by atoms with E-state index in [1.165, 1.54) is 0 Å². The SMILES string of the molecule is CC(C)(C)OC(=O)NC[C@]1(O)CCC[C@H]1O. The zero-order chi connectivity index (χ0) is 12.4. The summed E-state index contributed by atoms with van der Waals surface area (Å²) in [5.41, 5.74) is -1.75. The van der Waals surface area contributed by atoms with Gasteiger partial charge in [0.2, 0.25) is 0 Å². The van der Waals surface area contributed by atoms with Crippen LogP contribution in [0.15, 0.2) is 0 Å². The number of ether oxygens (including phenoxy) is 1.